The van der Waals surface area contributed by atoms with Crippen LogP contribution in [0.2, 0.25) is 0 Å². The second kappa shape index (κ2) is 11.5. The van der Waals surface area contributed by atoms with E-state index in [1.807, 2.05) is 36.4 Å². The Hall–Kier alpha value is -4.17. The van der Waals surface area contributed by atoms with E-state index in [1.165, 1.54) is 6.92 Å². The standard InChI is InChI=1S/C30H33N3O5/c1-17(2)26(29(36)32-18(3)27(34)28(35)19-12-14-20(31)15-13-19)33-30(37)38-16-25-23-10-6-4-8-21(23)22-9-5-7-11-24(22)25/h4-15,17-18,25-26,28,35H,16,31H2,1-3H3,(H,32,36)(H,33,37)/t18-,26-,28?/m0/s1. The Morgan fingerprint density at radius 2 is 1.42 bits per heavy atom. The Kier molecular flexibility index (Phi) is 8.12. The van der Waals surface area contributed by atoms with Crippen LogP contribution < -0.4 is 16.4 Å². The number of nitrogens with one attached hydrogen (secondary N) is 2. The van der Waals surface area contributed by atoms with Gasteiger partial charge in [-0.15, -0.1) is 0 Å². The van der Waals surface area contributed by atoms with Gasteiger partial charge in [0, 0.05) is 11.6 Å². The summed E-state index contributed by atoms with van der Waals surface area (Å²) in [5.41, 5.74) is 11.0. The van der Waals surface area contributed by atoms with Crippen LogP contribution in [-0.2, 0) is 14.3 Å². The highest BCUT2D eigenvalue weighted by molar-refractivity contribution is 5.94. The number of aliphatic hydroxyl groups is 1. The van der Waals surface area contributed by atoms with Crippen molar-refractivity contribution in [2.75, 3.05) is 12.3 Å². The molecule has 0 aliphatic heterocycles. The van der Waals surface area contributed by atoms with E-state index in [9.17, 15) is 19.5 Å². The van der Waals surface area contributed by atoms with Crippen molar-refractivity contribution >= 4 is 23.5 Å². The van der Waals surface area contributed by atoms with Crippen LogP contribution in [0.3, 0.4) is 0 Å². The zero-order valence-corrected chi connectivity index (χ0v) is 21.7. The number of ether oxygens (including phenoxy) is 1. The minimum atomic E-state index is -1.42. The minimum Gasteiger partial charge on any atom is -0.449 e. The summed E-state index contributed by atoms with van der Waals surface area (Å²) in [6.45, 7) is 5.17. The summed E-state index contributed by atoms with van der Waals surface area (Å²) in [6, 6.07) is 20.4. The molecule has 0 saturated heterocycles. The van der Waals surface area contributed by atoms with E-state index in [0.29, 0.717) is 11.3 Å². The van der Waals surface area contributed by atoms with E-state index in [0.717, 1.165) is 22.3 Å². The van der Waals surface area contributed by atoms with Gasteiger partial charge in [-0.2, -0.15) is 0 Å². The largest absolute Gasteiger partial charge is 0.449 e. The second-order valence-corrected chi connectivity index (χ2v) is 9.89. The van der Waals surface area contributed by atoms with Gasteiger partial charge in [-0.3, -0.25) is 9.59 Å². The number of ketones is 1. The van der Waals surface area contributed by atoms with Gasteiger partial charge in [0.05, 0.1) is 6.04 Å². The van der Waals surface area contributed by atoms with Gasteiger partial charge in [-0.05, 0) is 52.8 Å². The van der Waals surface area contributed by atoms with E-state index in [-0.39, 0.29) is 18.4 Å². The zero-order chi connectivity index (χ0) is 27.4. The summed E-state index contributed by atoms with van der Waals surface area (Å²) < 4.78 is 5.58. The maximum absolute atomic E-state index is 13.0. The molecule has 1 aliphatic rings. The highest BCUT2D eigenvalue weighted by Gasteiger charge is 2.32. The predicted molar refractivity (Wildman–Crippen MR) is 145 cm³/mol. The SMILES string of the molecule is CC(C)[C@H](NC(=O)OCC1c2ccccc2-c2ccccc21)C(=O)N[C@@H](C)C(=O)C(O)c1ccc(N)cc1. The number of rotatable bonds is 9. The fraction of sp³-hybridized carbons (Fsp3) is 0.300. The first-order chi connectivity index (χ1) is 18.2. The van der Waals surface area contributed by atoms with Crippen LogP contribution in [0.4, 0.5) is 10.5 Å². The van der Waals surface area contributed by atoms with Gasteiger partial charge >= 0.3 is 6.09 Å². The molecule has 0 bridgehead atoms. The normalized spacial score (nSPS) is 14.7. The van der Waals surface area contributed by atoms with Crippen LogP contribution in [0.5, 0.6) is 0 Å². The fourth-order valence-corrected chi connectivity index (χ4v) is 4.76. The van der Waals surface area contributed by atoms with Crippen LogP contribution in [0, 0.1) is 5.92 Å². The van der Waals surface area contributed by atoms with E-state index in [4.69, 9.17) is 10.5 Å². The molecule has 0 spiro atoms. The number of Topliss-reactive ketones (excluding diaryl/α,β-unsaturated/α-hetero) is 1. The first kappa shape index (κ1) is 26.9. The molecule has 0 fully saturated rings. The minimum absolute atomic E-state index is 0.105. The number of amides is 2. The number of benzene rings is 3. The summed E-state index contributed by atoms with van der Waals surface area (Å²) in [5.74, 6) is -1.50. The van der Waals surface area contributed by atoms with E-state index >= 15 is 0 Å². The maximum Gasteiger partial charge on any atom is 0.407 e. The number of carbonyl (C=O) groups excluding carboxylic acids is 3. The number of alkyl carbamates (subject to hydrolysis) is 1. The Labute approximate surface area is 222 Å². The molecule has 0 saturated carbocycles. The van der Waals surface area contributed by atoms with Crippen LogP contribution in [0.25, 0.3) is 11.1 Å². The van der Waals surface area contributed by atoms with Gasteiger partial charge in [0.15, 0.2) is 5.78 Å². The van der Waals surface area contributed by atoms with Crippen molar-refractivity contribution in [3.05, 3.63) is 89.5 Å². The average Bonchev–Trinajstić information content (AvgIpc) is 3.23. The lowest BCUT2D eigenvalue weighted by Gasteiger charge is -2.24. The quantitative estimate of drug-likeness (QED) is 0.319. The highest BCUT2D eigenvalue weighted by atomic mass is 16.5. The summed E-state index contributed by atoms with van der Waals surface area (Å²) in [4.78, 5) is 38.5. The molecule has 3 aromatic carbocycles. The van der Waals surface area contributed by atoms with E-state index in [1.54, 1.807) is 38.1 Å². The molecule has 2 amide bonds. The number of fused-ring (bicyclic) bond motifs is 3. The highest BCUT2D eigenvalue weighted by Crippen LogP contribution is 2.44. The molecule has 8 heteroatoms. The van der Waals surface area contributed by atoms with Crippen LogP contribution in [0.1, 0.15) is 49.5 Å². The zero-order valence-electron chi connectivity index (χ0n) is 21.7. The maximum atomic E-state index is 13.0. The van der Waals surface area contributed by atoms with Crippen molar-refractivity contribution < 1.29 is 24.2 Å². The number of anilines is 1. The smallest absolute Gasteiger partial charge is 0.407 e. The molecule has 3 aromatic rings. The predicted octanol–water partition coefficient (Wildman–Crippen LogP) is 3.94. The molecule has 0 radical (unpaired) electrons. The molecule has 3 atom stereocenters. The first-order valence-electron chi connectivity index (χ1n) is 12.7. The van der Waals surface area contributed by atoms with Crippen molar-refractivity contribution in [2.24, 2.45) is 5.92 Å². The van der Waals surface area contributed by atoms with Crippen LogP contribution in [0.15, 0.2) is 72.8 Å². The van der Waals surface area contributed by atoms with Crippen molar-refractivity contribution in [1.82, 2.24) is 10.6 Å². The third-order valence-electron chi connectivity index (χ3n) is 6.87. The number of carbonyl (C=O) groups is 3. The van der Waals surface area contributed by atoms with E-state index < -0.39 is 36.0 Å². The third-order valence-corrected chi connectivity index (χ3v) is 6.87. The summed E-state index contributed by atoms with van der Waals surface area (Å²) in [7, 11) is 0. The third kappa shape index (κ3) is 5.70. The summed E-state index contributed by atoms with van der Waals surface area (Å²) >= 11 is 0. The summed E-state index contributed by atoms with van der Waals surface area (Å²) in [6.07, 6.45) is -2.14. The average molecular weight is 516 g/mol. The summed E-state index contributed by atoms with van der Waals surface area (Å²) in [5, 5.41) is 15.7. The van der Waals surface area contributed by atoms with Crippen molar-refractivity contribution in [3.8, 4) is 11.1 Å². The van der Waals surface area contributed by atoms with Gasteiger partial charge in [0.25, 0.3) is 0 Å². The molecule has 8 nitrogen and oxygen atoms in total. The fourth-order valence-electron chi connectivity index (χ4n) is 4.76. The van der Waals surface area contributed by atoms with Crippen molar-refractivity contribution in [2.45, 2.75) is 44.9 Å². The molecule has 5 N–H and O–H groups in total. The Balaban J connectivity index is 1.36. The topological polar surface area (TPSA) is 131 Å². The van der Waals surface area contributed by atoms with Gasteiger partial charge in [-0.25, -0.2) is 4.79 Å². The Bertz CT molecular complexity index is 1280. The number of hydrogen-bond acceptors (Lipinski definition) is 6. The van der Waals surface area contributed by atoms with Crippen LogP contribution in [-0.4, -0.2) is 41.6 Å². The van der Waals surface area contributed by atoms with Gasteiger partial charge in [0.2, 0.25) is 5.91 Å². The van der Waals surface area contributed by atoms with Gasteiger partial charge < -0.3 is 26.2 Å². The number of aliphatic hydroxyl groups excluding tert-OH is 1. The molecule has 1 aliphatic carbocycles. The molecular formula is C30H33N3O5. The first-order valence-corrected chi connectivity index (χ1v) is 12.7. The second-order valence-electron chi connectivity index (χ2n) is 9.89. The monoisotopic (exact) mass is 515 g/mol. The molecule has 0 aromatic heterocycles. The van der Waals surface area contributed by atoms with Crippen molar-refractivity contribution in [3.63, 3.8) is 0 Å². The lowest BCUT2D eigenvalue weighted by atomic mass is 9.98. The molecule has 1 unspecified atom stereocenters. The van der Waals surface area contributed by atoms with Crippen molar-refractivity contribution in [1.29, 1.82) is 0 Å². The van der Waals surface area contributed by atoms with E-state index in [2.05, 4.69) is 22.8 Å². The molecular weight excluding hydrogens is 482 g/mol. The number of hydrogen-bond donors (Lipinski definition) is 4. The molecule has 4 rings (SSSR count). The molecule has 0 heterocycles. The Morgan fingerprint density at radius 3 is 1.97 bits per heavy atom. The van der Waals surface area contributed by atoms with Crippen LogP contribution >= 0.6 is 0 Å². The number of nitrogen functional groups attached to an aromatic ring is 1. The molecule has 38 heavy (non-hydrogen) atoms. The molecule has 198 valence electrons. The Morgan fingerprint density at radius 1 is 0.868 bits per heavy atom. The van der Waals surface area contributed by atoms with Gasteiger partial charge in [-0.1, -0.05) is 74.5 Å². The van der Waals surface area contributed by atoms with Gasteiger partial charge in [0.1, 0.15) is 18.8 Å². The lowest BCUT2D eigenvalue weighted by molar-refractivity contribution is -0.133. The number of nitrogens with two attached hydrogens (primary N) is 1. The lowest BCUT2D eigenvalue weighted by Crippen LogP contribution is -2.53.